The lowest BCUT2D eigenvalue weighted by atomic mass is 9.95. The summed E-state index contributed by atoms with van der Waals surface area (Å²) in [4.78, 5) is 35.3. The summed E-state index contributed by atoms with van der Waals surface area (Å²) in [5.74, 6) is -1.45. The fourth-order valence-corrected chi connectivity index (χ4v) is 4.16. The Hall–Kier alpha value is -4.66. The van der Waals surface area contributed by atoms with E-state index in [2.05, 4.69) is 9.97 Å². The van der Waals surface area contributed by atoms with Crippen LogP contribution in [0.4, 0.5) is 10.3 Å². The molecule has 1 aliphatic rings. The monoisotopic (exact) mass is 473 g/mol. The Labute approximate surface area is 199 Å². The number of anilines is 1. The van der Waals surface area contributed by atoms with E-state index in [1.54, 1.807) is 42.5 Å². The number of Topliss-reactive ketones (excluding diaryl/α,β-unsaturated/α-hetero) is 1. The number of carbonyl (C=O) groups is 2. The van der Waals surface area contributed by atoms with Crippen molar-refractivity contribution >= 4 is 34.4 Å². The van der Waals surface area contributed by atoms with Crippen molar-refractivity contribution < 1.29 is 28.6 Å². The molecule has 0 bridgehead atoms. The molecule has 0 aliphatic carbocycles. The molecule has 1 amide bonds. The van der Waals surface area contributed by atoms with Gasteiger partial charge in [0.15, 0.2) is 0 Å². The number of rotatable bonds is 5. The first-order valence-electron chi connectivity index (χ1n) is 10.7. The minimum atomic E-state index is -1.02. The number of hydrogen-bond acceptors (Lipinski definition) is 6. The minimum absolute atomic E-state index is 0.126. The highest BCUT2D eigenvalue weighted by molar-refractivity contribution is 6.51. The number of fused-ring (bicyclic) bond motifs is 1. The summed E-state index contributed by atoms with van der Waals surface area (Å²) in [6, 6.07) is 16.0. The van der Waals surface area contributed by atoms with Gasteiger partial charge < -0.3 is 19.6 Å². The van der Waals surface area contributed by atoms with E-state index in [4.69, 9.17) is 9.47 Å². The van der Waals surface area contributed by atoms with Crippen LogP contribution in [0.2, 0.25) is 0 Å². The molecule has 5 rings (SSSR count). The number of ether oxygens (including phenoxy) is 2. The molecule has 2 heterocycles. The van der Waals surface area contributed by atoms with Gasteiger partial charge in [0.25, 0.3) is 5.78 Å². The van der Waals surface area contributed by atoms with Gasteiger partial charge in [-0.05, 0) is 54.1 Å². The third-order valence-corrected chi connectivity index (χ3v) is 5.88. The number of methoxy groups -OCH3 is 2. The summed E-state index contributed by atoms with van der Waals surface area (Å²) in [5, 5.41) is 11.1. The Kier molecular flexibility index (Phi) is 5.44. The third kappa shape index (κ3) is 3.76. The summed E-state index contributed by atoms with van der Waals surface area (Å²) >= 11 is 0. The Bertz CT molecular complexity index is 1490. The summed E-state index contributed by atoms with van der Waals surface area (Å²) in [6.45, 7) is 0. The SMILES string of the molecule is COc1cccc(C2/C(=C(\O)c3ccc(F)cc3)C(=O)C(=O)N2c2nc3ccc(OC)cc3[nH]2)c1. The van der Waals surface area contributed by atoms with E-state index in [0.29, 0.717) is 28.1 Å². The van der Waals surface area contributed by atoms with Crippen LogP contribution in [-0.4, -0.2) is 41.0 Å². The Balaban J connectivity index is 1.72. The van der Waals surface area contributed by atoms with Gasteiger partial charge in [0.1, 0.15) is 23.1 Å². The summed E-state index contributed by atoms with van der Waals surface area (Å²) in [5.41, 5.74) is 1.74. The van der Waals surface area contributed by atoms with Crippen molar-refractivity contribution in [3.63, 3.8) is 0 Å². The molecule has 3 aromatic carbocycles. The van der Waals surface area contributed by atoms with Gasteiger partial charge in [0.05, 0.1) is 36.9 Å². The van der Waals surface area contributed by atoms with Crippen molar-refractivity contribution in [3.05, 3.63) is 89.2 Å². The highest BCUT2D eigenvalue weighted by Gasteiger charge is 2.48. The molecule has 176 valence electrons. The van der Waals surface area contributed by atoms with Crippen LogP contribution in [0, 0.1) is 5.82 Å². The van der Waals surface area contributed by atoms with Gasteiger partial charge in [-0.2, -0.15) is 0 Å². The molecule has 35 heavy (non-hydrogen) atoms. The Morgan fingerprint density at radius 3 is 2.43 bits per heavy atom. The molecule has 1 fully saturated rings. The van der Waals surface area contributed by atoms with Crippen LogP contribution in [0.3, 0.4) is 0 Å². The van der Waals surface area contributed by atoms with E-state index in [0.717, 1.165) is 12.1 Å². The van der Waals surface area contributed by atoms with E-state index in [1.807, 2.05) is 0 Å². The van der Waals surface area contributed by atoms with Gasteiger partial charge >= 0.3 is 5.91 Å². The fourth-order valence-electron chi connectivity index (χ4n) is 4.16. The van der Waals surface area contributed by atoms with E-state index < -0.39 is 29.3 Å². The van der Waals surface area contributed by atoms with Crippen molar-refractivity contribution in [1.29, 1.82) is 0 Å². The molecule has 9 heteroatoms. The van der Waals surface area contributed by atoms with Crippen molar-refractivity contribution in [2.75, 3.05) is 19.1 Å². The predicted octanol–water partition coefficient (Wildman–Crippen LogP) is 4.35. The number of halogens is 1. The van der Waals surface area contributed by atoms with Crippen LogP contribution in [0.1, 0.15) is 17.2 Å². The number of carbonyl (C=O) groups excluding carboxylic acids is 2. The molecule has 1 saturated heterocycles. The maximum atomic E-state index is 13.5. The predicted molar refractivity (Wildman–Crippen MR) is 127 cm³/mol. The summed E-state index contributed by atoms with van der Waals surface area (Å²) in [7, 11) is 3.04. The molecule has 1 aliphatic heterocycles. The van der Waals surface area contributed by atoms with E-state index in [1.165, 1.54) is 31.3 Å². The molecule has 0 spiro atoms. The lowest BCUT2D eigenvalue weighted by molar-refractivity contribution is -0.132. The number of hydrogen-bond donors (Lipinski definition) is 2. The van der Waals surface area contributed by atoms with E-state index >= 15 is 0 Å². The Morgan fingerprint density at radius 2 is 1.71 bits per heavy atom. The first-order chi connectivity index (χ1) is 16.9. The number of benzene rings is 3. The number of amides is 1. The smallest absolute Gasteiger partial charge is 0.302 e. The van der Waals surface area contributed by atoms with Gasteiger partial charge in [0.2, 0.25) is 5.95 Å². The van der Waals surface area contributed by atoms with Crippen LogP contribution in [0.25, 0.3) is 16.8 Å². The Morgan fingerprint density at radius 1 is 1.00 bits per heavy atom. The lowest BCUT2D eigenvalue weighted by Crippen LogP contribution is -2.30. The van der Waals surface area contributed by atoms with Crippen molar-refractivity contribution in [1.82, 2.24) is 9.97 Å². The van der Waals surface area contributed by atoms with Gasteiger partial charge in [0, 0.05) is 11.6 Å². The van der Waals surface area contributed by atoms with Gasteiger partial charge in [-0.3, -0.25) is 14.5 Å². The van der Waals surface area contributed by atoms with E-state index in [-0.39, 0.29) is 17.1 Å². The zero-order valence-electron chi connectivity index (χ0n) is 18.8. The molecular formula is C26H20FN3O5. The summed E-state index contributed by atoms with van der Waals surface area (Å²) < 4.78 is 24.1. The lowest BCUT2D eigenvalue weighted by Gasteiger charge is -2.23. The highest BCUT2D eigenvalue weighted by Crippen LogP contribution is 2.42. The zero-order valence-corrected chi connectivity index (χ0v) is 18.8. The minimum Gasteiger partial charge on any atom is -0.507 e. The molecular weight excluding hydrogens is 453 g/mol. The fraction of sp³-hybridized carbons (Fsp3) is 0.115. The third-order valence-electron chi connectivity index (χ3n) is 5.88. The quantitative estimate of drug-likeness (QED) is 0.254. The van der Waals surface area contributed by atoms with Crippen LogP contribution < -0.4 is 14.4 Å². The molecule has 0 radical (unpaired) electrons. The van der Waals surface area contributed by atoms with Crippen LogP contribution >= 0.6 is 0 Å². The van der Waals surface area contributed by atoms with E-state index in [9.17, 15) is 19.1 Å². The second kappa shape index (κ2) is 8.60. The molecule has 4 aromatic rings. The first kappa shape index (κ1) is 22.1. The number of nitrogens with one attached hydrogen (secondary N) is 1. The molecule has 8 nitrogen and oxygen atoms in total. The maximum Gasteiger partial charge on any atom is 0.302 e. The number of nitrogens with zero attached hydrogens (tertiary/aromatic N) is 2. The molecule has 1 atom stereocenters. The second-order valence-electron chi connectivity index (χ2n) is 7.90. The van der Waals surface area contributed by atoms with Crippen LogP contribution in [0.15, 0.2) is 72.3 Å². The number of imidazole rings is 1. The van der Waals surface area contributed by atoms with Gasteiger partial charge in [-0.25, -0.2) is 9.37 Å². The number of ketones is 1. The number of aromatic amines is 1. The number of H-pyrrole nitrogens is 1. The average Bonchev–Trinajstić information content (AvgIpc) is 3.41. The first-order valence-corrected chi connectivity index (χ1v) is 10.7. The largest absolute Gasteiger partial charge is 0.507 e. The van der Waals surface area contributed by atoms with Gasteiger partial charge in [-0.1, -0.05) is 12.1 Å². The van der Waals surface area contributed by atoms with Crippen molar-refractivity contribution in [2.24, 2.45) is 0 Å². The molecule has 1 unspecified atom stereocenters. The number of aromatic nitrogens is 2. The number of aliphatic hydroxyl groups excluding tert-OH is 1. The average molecular weight is 473 g/mol. The molecule has 2 N–H and O–H groups in total. The molecule has 0 saturated carbocycles. The maximum absolute atomic E-state index is 13.5. The topological polar surface area (TPSA) is 105 Å². The van der Waals surface area contributed by atoms with Crippen molar-refractivity contribution in [2.45, 2.75) is 6.04 Å². The second-order valence-corrected chi connectivity index (χ2v) is 7.90. The zero-order chi connectivity index (χ0) is 24.7. The number of aliphatic hydroxyl groups is 1. The van der Waals surface area contributed by atoms with Gasteiger partial charge in [-0.15, -0.1) is 0 Å². The molecule has 1 aromatic heterocycles. The highest BCUT2D eigenvalue weighted by atomic mass is 19.1. The van der Waals surface area contributed by atoms with Crippen LogP contribution in [0.5, 0.6) is 11.5 Å². The standard InChI is InChI=1S/C26H20FN3O5/c1-34-17-5-3-4-15(12-17)22-21(23(31)14-6-8-16(27)9-7-14)24(32)25(33)30(22)26-28-19-11-10-18(35-2)13-20(19)29-26/h3-13,22,31H,1-2H3,(H,28,29)/b23-21+. The van der Waals surface area contributed by atoms with Crippen LogP contribution in [-0.2, 0) is 9.59 Å². The normalized spacial score (nSPS) is 17.2. The summed E-state index contributed by atoms with van der Waals surface area (Å²) in [6.07, 6.45) is 0. The van der Waals surface area contributed by atoms with Crippen molar-refractivity contribution in [3.8, 4) is 11.5 Å².